The van der Waals surface area contributed by atoms with Gasteiger partial charge in [-0.1, -0.05) is 26.8 Å². The second kappa shape index (κ2) is 6.84. The Morgan fingerprint density at radius 1 is 1.25 bits per heavy atom. The molecule has 0 aliphatic heterocycles. The zero-order valence-electron chi connectivity index (χ0n) is 12.8. The molecule has 20 heavy (non-hydrogen) atoms. The average Bonchev–Trinajstić information content (AvgIpc) is 2.36. The van der Waals surface area contributed by atoms with E-state index >= 15 is 0 Å². The minimum Gasteiger partial charge on any atom is -0.461 e. The summed E-state index contributed by atoms with van der Waals surface area (Å²) in [6.07, 6.45) is -0.309. The lowest BCUT2D eigenvalue weighted by molar-refractivity contribution is -0.151. The average molecular weight is 281 g/mol. The topological polar surface area (TPSA) is 52.3 Å². The molecular formula is C16H24FNO2. The van der Waals surface area contributed by atoms with Crippen LogP contribution in [0.3, 0.4) is 0 Å². The highest BCUT2D eigenvalue weighted by Gasteiger charge is 2.25. The number of esters is 1. The second-order valence-corrected chi connectivity index (χ2v) is 5.70. The van der Waals surface area contributed by atoms with Gasteiger partial charge in [-0.2, -0.15) is 0 Å². The molecule has 0 saturated heterocycles. The standard InChI is InChI=1S/C16H24FNO2/c1-9(2)15(18)16(19)20-12(5)11(4)14-7-6-13(17)8-10(14)3/h6-9,11-12,15H,18H2,1-5H3/t11-,12+,15+/m1/s1. The Morgan fingerprint density at radius 2 is 1.85 bits per heavy atom. The number of benzene rings is 1. The first kappa shape index (κ1) is 16.6. The highest BCUT2D eigenvalue weighted by atomic mass is 19.1. The maximum absolute atomic E-state index is 13.1. The summed E-state index contributed by atoms with van der Waals surface area (Å²) in [7, 11) is 0. The molecule has 0 bridgehead atoms. The minimum absolute atomic E-state index is 0.0149. The van der Waals surface area contributed by atoms with Crippen LogP contribution in [0.5, 0.6) is 0 Å². The smallest absolute Gasteiger partial charge is 0.323 e. The zero-order chi connectivity index (χ0) is 15.4. The predicted octanol–water partition coefficient (Wildman–Crippen LogP) is 3.15. The van der Waals surface area contributed by atoms with E-state index in [-0.39, 0.29) is 29.7 Å². The number of carbonyl (C=O) groups excluding carboxylic acids is 1. The van der Waals surface area contributed by atoms with Crippen LogP contribution in [0.25, 0.3) is 0 Å². The Hall–Kier alpha value is -1.42. The van der Waals surface area contributed by atoms with Gasteiger partial charge in [0.2, 0.25) is 0 Å². The van der Waals surface area contributed by atoms with E-state index in [1.165, 1.54) is 12.1 Å². The zero-order valence-corrected chi connectivity index (χ0v) is 12.8. The Kier molecular flexibility index (Phi) is 5.69. The van der Waals surface area contributed by atoms with Crippen molar-refractivity contribution in [2.24, 2.45) is 11.7 Å². The first-order valence-corrected chi connectivity index (χ1v) is 6.96. The third kappa shape index (κ3) is 4.04. The summed E-state index contributed by atoms with van der Waals surface area (Å²) in [5.74, 6) is -0.625. The SMILES string of the molecule is Cc1cc(F)ccc1[C@H](C)[C@H](C)OC(=O)[C@@H](N)C(C)C. The molecular weight excluding hydrogens is 257 g/mol. The van der Waals surface area contributed by atoms with Gasteiger partial charge in [0.15, 0.2) is 0 Å². The Labute approximate surface area is 120 Å². The number of carbonyl (C=O) groups is 1. The van der Waals surface area contributed by atoms with Crippen LogP contribution in [0.2, 0.25) is 0 Å². The van der Waals surface area contributed by atoms with Crippen molar-refractivity contribution in [3.05, 3.63) is 35.1 Å². The van der Waals surface area contributed by atoms with E-state index in [1.807, 2.05) is 34.6 Å². The molecule has 3 atom stereocenters. The predicted molar refractivity (Wildman–Crippen MR) is 77.9 cm³/mol. The molecule has 0 radical (unpaired) electrons. The molecule has 0 aromatic heterocycles. The molecule has 3 nitrogen and oxygen atoms in total. The highest BCUT2D eigenvalue weighted by Crippen LogP contribution is 2.25. The van der Waals surface area contributed by atoms with Crippen LogP contribution in [0.4, 0.5) is 4.39 Å². The van der Waals surface area contributed by atoms with Crippen molar-refractivity contribution < 1.29 is 13.9 Å². The van der Waals surface area contributed by atoms with Gasteiger partial charge < -0.3 is 10.5 Å². The normalized spacial score (nSPS) is 15.8. The van der Waals surface area contributed by atoms with E-state index in [0.29, 0.717) is 0 Å². The van der Waals surface area contributed by atoms with E-state index in [1.54, 1.807) is 6.07 Å². The van der Waals surface area contributed by atoms with E-state index in [2.05, 4.69) is 0 Å². The van der Waals surface area contributed by atoms with Crippen LogP contribution in [0.1, 0.15) is 44.7 Å². The van der Waals surface area contributed by atoms with Gasteiger partial charge in [0.1, 0.15) is 18.0 Å². The van der Waals surface area contributed by atoms with Gasteiger partial charge >= 0.3 is 5.97 Å². The molecule has 112 valence electrons. The van der Waals surface area contributed by atoms with Crippen LogP contribution < -0.4 is 5.73 Å². The fourth-order valence-electron chi connectivity index (χ4n) is 2.04. The number of ether oxygens (including phenoxy) is 1. The highest BCUT2D eigenvalue weighted by molar-refractivity contribution is 5.76. The summed E-state index contributed by atoms with van der Waals surface area (Å²) < 4.78 is 18.5. The van der Waals surface area contributed by atoms with Crippen molar-refractivity contribution in [2.45, 2.75) is 52.7 Å². The molecule has 4 heteroatoms. The molecule has 0 fully saturated rings. The molecule has 2 N–H and O–H groups in total. The molecule has 0 heterocycles. The maximum atomic E-state index is 13.1. The van der Waals surface area contributed by atoms with Crippen molar-refractivity contribution in [1.82, 2.24) is 0 Å². The fraction of sp³-hybridized carbons (Fsp3) is 0.562. The molecule has 0 aliphatic carbocycles. The number of halogens is 1. The third-order valence-electron chi connectivity index (χ3n) is 3.72. The van der Waals surface area contributed by atoms with Gasteiger partial charge in [0, 0.05) is 5.92 Å². The lowest BCUT2D eigenvalue weighted by Gasteiger charge is -2.24. The Bertz CT molecular complexity index is 474. The van der Waals surface area contributed by atoms with Crippen molar-refractivity contribution in [2.75, 3.05) is 0 Å². The summed E-state index contributed by atoms with van der Waals surface area (Å²) in [6.45, 7) is 9.40. The third-order valence-corrected chi connectivity index (χ3v) is 3.72. The maximum Gasteiger partial charge on any atom is 0.323 e. The second-order valence-electron chi connectivity index (χ2n) is 5.70. The van der Waals surface area contributed by atoms with Crippen molar-refractivity contribution in [3.63, 3.8) is 0 Å². The molecule has 0 spiro atoms. The van der Waals surface area contributed by atoms with E-state index in [9.17, 15) is 9.18 Å². The van der Waals surface area contributed by atoms with Gasteiger partial charge in [-0.3, -0.25) is 4.79 Å². The van der Waals surface area contributed by atoms with Gasteiger partial charge in [-0.25, -0.2) is 4.39 Å². The lowest BCUT2D eigenvalue weighted by atomic mass is 9.92. The first-order chi connectivity index (χ1) is 9.23. The van der Waals surface area contributed by atoms with E-state index in [0.717, 1.165) is 11.1 Å². The van der Waals surface area contributed by atoms with E-state index in [4.69, 9.17) is 10.5 Å². The summed E-state index contributed by atoms with van der Waals surface area (Å²) in [6, 6.07) is 4.04. The molecule has 1 aromatic rings. The summed E-state index contributed by atoms with van der Waals surface area (Å²) in [4.78, 5) is 11.9. The van der Waals surface area contributed by atoms with Crippen LogP contribution in [0, 0.1) is 18.7 Å². The van der Waals surface area contributed by atoms with Crippen LogP contribution in [-0.2, 0) is 9.53 Å². The van der Waals surface area contributed by atoms with Crippen molar-refractivity contribution in [1.29, 1.82) is 0 Å². The van der Waals surface area contributed by atoms with Gasteiger partial charge in [0.25, 0.3) is 0 Å². The summed E-state index contributed by atoms with van der Waals surface area (Å²) in [5, 5.41) is 0. The Balaban J connectivity index is 2.76. The van der Waals surface area contributed by atoms with Crippen molar-refractivity contribution >= 4 is 5.97 Å². The molecule has 0 saturated carbocycles. The van der Waals surface area contributed by atoms with Crippen LogP contribution in [-0.4, -0.2) is 18.1 Å². The molecule has 0 amide bonds. The van der Waals surface area contributed by atoms with E-state index < -0.39 is 6.04 Å². The summed E-state index contributed by atoms with van der Waals surface area (Å²) >= 11 is 0. The minimum atomic E-state index is -0.612. The van der Waals surface area contributed by atoms with Gasteiger partial charge in [-0.05, 0) is 43.0 Å². The van der Waals surface area contributed by atoms with Crippen molar-refractivity contribution in [3.8, 4) is 0 Å². The Morgan fingerprint density at radius 3 is 2.35 bits per heavy atom. The summed E-state index contributed by atoms with van der Waals surface area (Å²) in [5.41, 5.74) is 7.60. The number of nitrogens with two attached hydrogens (primary N) is 1. The van der Waals surface area contributed by atoms with Crippen LogP contribution >= 0.6 is 0 Å². The van der Waals surface area contributed by atoms with Gasteiger partial charge in [-0.15, -0.1) is 0 Å². The number of rotatable bonds is 5. The number of hydrogen-bond acceptors (Lipinski definition) is 3. The first-order valence-electron chi connectivity index (χ1n) is 6.96. The van der Waals surface area contributed by atoms with Gasteiger partial charge in [0.05, 0.1) is 0 Å². The quantitative estimate of drug-likeness (QED) is 0.843. The molecule has 1 aromatic carbocycles. The lowest BCUT2D eigenvalue weighted by Crippen LogP contribution is -2.39. The van der Waals surface area contributed by atoms with Crippen LogP contribution in [0.15, 0.2) is 18.2 Å². The number of hydrogen-bond donors (Lipinski definition) is 1. The molecule has 1 rings (SSSR count). The molecule has 0 aliphatic rings. The molecule has 0 unspecified atom stereocenters. The fourth-order valence-corrected chi connectivity index (χ4v) is 2.04. The number of aryl methyl sites for hydroxylation is 1. The largest absolute Gasteiger partial charge is 0.461 e. The monoisotopic (exact) mass is 281 g/mol.